The first-order chi connectivity index (χ1) is 22.3. The highest BCUT2D eigenvalue weighted by molar-refractivity contribution is 9.10. The van der Waals surface area contributed by atoms with Crippen molar-refractivity contribution in [3.8, 4) is 5.75 Å². The smallest absolute Gasteiger partial charge is 0.338 e. The Bertz CT molecular complexity index is 2100. The van der Waals surface area contributed by atoms with Crippen LogP contribution in [0.4, 0.5) is 5.69 Å². The number of carbonyl (C=O) groups is 3. The molecule has 0 bridgehead atoms. The number of para-hydroxylation sites is 1. The number of esters is 2. The number of carbonyl (C=O) groups excluding carboxylic acids is 3. The Kier molecular flexibility index (Phi) is 8.74. The van der Waals surface area contributed by atoms with Crippen LogP contribution in [0.3, 0.4) is 0 Å². The summed E-state index contributed by atoms with van der Waals surface area (Å²) in [6.45, 7) is 3.35. The van der Waals surface area contributed by atoms with Crippen LogP contribution in [0.1, 0.15) is 36.6 Å². The maximum atomic E-state index is 14.6. The molecule has 234 valence electrons. The van der Waals surface area contributed by atoms with E-state index in [1.54, 1.807) is 56.3 Å². The van der Waals surface area contributed by atoms with Gasteiger partial charge in [-0.2, -0.15) is 0 Å². The topological polar surface area (TPSA) is 116 Å². The SMILES string of the molecule is CCOC(=O)CN1C(=O)/C(=c2\sc3n(c2=O)[C@H](c2cc(Br)ccc2OC)C(C(=O)OCC)=C(c2ccccc2)N=3)c2ccccc21. The molecule has 4 aromatic rings. The fourth-order valence-electron chi connectivity index (χ4n) is 5.70. The zero-order chi connectivity index (χ0) is 32.5. The summed E-state index contributed by atoms with van der Waals surface area (Å²) in [4.78, 5) is 61.4. The first-order valence-electron chi connectivity index (χ1n) is 14.5. The van der Waals surface area contributed by atoms with Crippen LogP contribution in [0.15, 0.2) is 92.6 Å². The van der Waals surface area contributed by atoms with Crippen molar-refractivity contribution in [2.45, 2.75) is 19.9 Å². The van der Waals surface area contributed by atoms with Gasteiger partial charge in [-0.05, 0) is 38.1 Å². The molecule has 1 aromatic heterocycles. The standard InChI is InChI=1S/C34H28BrN3O7S/c1-4-44-25(39)18-37-23-14-10-9-13-21(23)26(31(37)40)30-32(41)38-29(22-17-20(35)15-16-24(22)43-3)27(33(42)45-5-2)28(36-34(38)46-30)19-11-7-6-8-12-19/h6-17,29H,4-5,18H2,1-3H3/b30-26-/t29-/m1/s1. The second kappa shape index (κ2) is 12.9. The van der Waals surface area contributed by atoms with Crippen LogP contribution >= 0.6 is 27.3 Å². The van der Waals surface area contributed by atoms with Crippen LogP contribution in [-0.4, -0.2) is 49.3 Å². The molecule has 2 aliphatic rings. The summed E-state index contributed by atoms with van der Waals surface area (Å²) >= 11 is 4.58. The first kappa shape index (κ1) is 31.2. The molecule has 0 radical (unpaired) electrons. The Morgan fingerprint density at radius 3 is 2.39 bits per heavy atom. The summed E-state index contributed by atoms with van der Waals surface area (Å²) in [7, 11) is 1.51. The molecular formula is C34H28BrN3O7S. The molecule has 0 unspecified atom stereocenters. The molecule has 10 nitrogen and oxygen atoms in total. The van der Waals surface area contributed by atoms with Crippen molar-refractivity contribution < 1.29 is 28.6 Å². The fourth-order valence-corrected chi connectivity index (χ4v) is 7.17. The normalized spacial score (nSPS) is 16.5. The monoisotopic (exact) mass is 701 g/mol. The van der Waals surface area contributed by atoms with Gasteiger partial charge < -0.3 is 14.2 Å². The van der Waals surface area contributed by atoms with Crippen LogP contribution in [0, 0.1) is 0 Å². The summed E-state index contributed by atoms with van der Waals surface area (Å²) < 4.78 is 18.6. The predicted octanol–water partition coefficient (Wildman–Crippen LogP) is 3.99. The lowest BCUT2D eigenvalue weighted by atomic mass is 9.92. The molecular weight excluding hydrogens is 674 g/mol. The van der Waals surface area contributed by atoms with Crippen molar-refractivity contribution >= 4 is 62.1 Å². The Balaban J connectivity index is 1.69. The Hall–Kier alpha value is -4.81. The minimum Gasteiger partial charge on any atom is -0.496 e. The number of rotatable bonds is 8. The molecule has 12 heteroatoms. The van der Waals surface area contributed by atoms with Gasteiger partial charge in [0.15, 0.2) is 4.80 Å². The molecule has 0 saturated heterocycles. The molecule has 3 heterocycles. The summed E-state index contributed by atoms with van der Waals surface area (Å²) in [5.41, 5.74) is 2.26. The van der Waals surface area contributed by atoms with E-state index in [1.165, 1.54) is 16.6 Å². The third kappa shape index (κ3) is 5.37. The minimum absolute atomic E-state index is 0.100. The van der Waals surface area contributed by atoms with Crippen molar-refractivity contribution in [2.75, 3.05) is 31.8 Å². The first-order valence-corrected chi connectivity index (χ1v) is 16.1. The number of hydrogen-bond acceptors (Lipinski definition) is 9. The van der Waals surface area contributed by atoms with Gasteiger partial charge in [0.1, 0.15) is 22.9 Å². The molecule has 0 N–H and O–H groups in total. The molecule has 6 rings (SSSR count). The number of hydrogen-bond donors (Lipinski definition) is 0. The van der Waals surface area contributed by atoms with Crippen molar-refractivity contribution in [1.82, 2.24) is 4.57 Å². The van der Waals surface area contributed by atoms with Crippen LogP contribution < -0.4 is 24.5 Å². The molecule has 0 aliphatic carbocycles. The number of nitrogens with zero attached hydrogens (tertiary/aromatic N) is 3. The number of halogens is 1. The number of aromatic nitrogens is 1. The molecule has 3 aromatic carbocycles. The zero-order valence-corrected chi connectivity index (χ0v) is 27.5. The highest BCUT2D eigenvalue weighted by Gasteiger charge is 2.39. The number of fused-ring (bicyclic) bond motifs is 2. The zero-order valence-electron chi connectivity index (χ0n) is 25.1. The number of ether oxygens (including phenoxy) is 3. The number of anilines is 1. The minimum atomic E-state index is -1.02. The van der Waals surface area contributed by atoms with Gasteiger partial charge in [0, 0.05) is 21.2 Å². The highest BCUT2D eigenvalue weighted by Crippen LogP contribution is 2.40. The summed E-state index contributed by atoms with van der Waals surface area (Å²) in [6, 6.07) is 20.5. The third-order valence-electron chi connectivity index (χ3n) is 7.58. The van der Waals surface area contributed by atoms with Crippen molar-refractivity contribution in [1.29, 1.82) is 0 Å². The van der Waals surface area contributed by atoms with E-state index < -0.39 is 29.4 Å². The Morgan fingerprint density at radius 2 is 1.67 bits per heavy atom. The lowest BCUT2D eigenvalue weighted by Gasteiger charge is -2.27. The van der Waals surface area contributed by atoms with Gasteiger partial charge in [0.05, 0.1) is 42.9 Å². The molecule has 0 saturated carbocycles. The number of benzene rings is 3. The van der Waals surface area contributed by atoms with Gasteiger partial charge in [-0.1, -0.05) is 75.8 Å². The number of methoxy groups -OCH3 is 1. The van der Waals surface area contributed by atoms with E-state index in [2.05, 4.69) is 15.9 Å². The van der Waals surface area contributed by atoms with Crippen molar-refractivity contribution in [3.05, 3.63) is 119 Å². The van der Waals surface area contributed by atoms with Gasteiger partial charge in [-0.15, -0.1) is 0 Å². The molecule has 1 atom stereocenters. The van der Waals surface area contributed by atoms with Gasteiger partial charge >= 0.3 is 11.9 Å². The summed E-state index contributed by atoms with van der Waals surface area (Å²) in [6.07, 6.45) is 0. The van der Waals surface area contributed by atoms with Crippen molar-refractivity contribution in [2.24, 2.45) is 4.99 Å². The van der Waals surface area contributed by atoms with E-state index in [4.69, 9.17) is 19.2 Å². The quantitative estimate of drug-likeness (QED) is 0.255. The van der Waals surface area contributed by atoms with E-state index >= 15 is 0 Å². The summed E-state index contributed by atoms with van der Waals surface area (Å²) in [5.74, 6) is -1.28. The van der Waals surface area contributed by atoms with Crippen molar-refractivity contribution in [3.63, 3.8) is 0 Å². The highest BCUT2D eigenvalue weighted by atomic mass is 79.9. The van der Waals surface area contributed by atoms with Gasteiger partial charge in [0.25, 0.3) is 11.5 Å². The second-order valence-electron chi connectivity index (χ2n) is 10.2. The fraction of sp³-hybridized carbons (Fsp3) is 0.206. The molecule has 2 aliphatic heterocycles. The number of thiazole rings is 1. The predicted molar refractivity (Wildman–Crippen MR) is 176 cm³/mol. The third-order valence-corrected chi connectivity index (χ3v) is 9.13. The lowest BCUT2D eigenvalue weighted by molar-refractivity contribution is -0.142. The van der Waals surface area contributed by atoms with E-state index in [9.17, 15) is 19.2 Å². The van der Waals surface area contributed by atoms with Crippen LogP contribution in [0.5, 0.6) is 5.75 Å². The molecule has 46 heavy (non-hydrogen) atoms. The largest absolute Gasteiger partial charge is 0.496 e. The van der Waals surface area contributed by atoms with Gasteiger partial charge in [0.2, 0.25) is 0 Å². The van der Waals surface area contributed by atoms with E-state index in [0.29, 0.717) is 38.3 Å². The lowest BCUT2D eigenvalue weighted by Crippen LogP contribution is -2.41. The average molecular weight is 703 g/mol. The van der Waals surface area contributed by atoms with Crippen LogP contribution in [0.25, 0.3) is 11.3 Å². The van der Waals surface area contributed by atoms with E-state index in [-0.39, 0.29) is 40.2 Å². The van der Waals surface area contributed by atoms with E-state index in [1.807, 2.05) is 30.3 Å². The number of amides is 1. The Morgan fingerprint density at radius 1 is 0.957 bits per heavy atom. The molecule has 0 spiro atoms. The van der Waals surface area contributed by atoms with Crippen LogP contribution in [-0.2, 0) is 23.9 Å². The van der Waals surface area contributed by atoms with Gasteiger partial charge in [-0.3, -0.25) is 23.9 Å². The maximum Gasteiger partial charge on any atom is 0.338 e. The second-order valence-corrected chi connectivity index (χ2v) is 12.1. The van der Waals surface area contributed by atoms with E-state index in [0.717, 1.165) is 11.3 Å². The molecule has 0 fully saturated rings. The van der Waals surface area contributed by atoms with Gasteiger partial charge in [-0.25, -0.2) is 9.79 Å². The summed E-state index contributed by atoms with van der Waals surface area (Å²) in [5, 5.41) is 0. The molecule has 1 amide bonds. The van der Waals surface area contributed by atoms with Crippen LogP contribution in [0.2, 0.25) is 0 Å². The average Bonchev–Trinajstić information content (AvgIpc) is 3.52. The maximum absolute atomic E-state index is 14.6. The Labute approximate surface area is 276 Å².